The van der Waals surface area contributed by atoms with Crippen LogP contribution >= 0.6 is 0 Å². The smallest absolute Gasteiger partial charge is 0.390 e. The van der Waals surface area contributed by atoms with Crippen molar-refractivity contribution in [2.75, 3.05) is 13.1 Å². The van der Waals surface area contributed by atoms with Crippen molar-refractivity contribution in [2.24, 2.45) is 0 Å². The minimum Gasteiger partial charge on any atom is -0.481 e. The summed E-state index contributed by atoms with van der Waals surface area (Å²) in [7, 11) is 0. The lowest BCUT2D eigenvalue weighted by molar-refractivity contribution is -0.138. The van der Waals surface area contributed by atoms with Crippen molar-refractivity contribution in [2.45, 2.75) is 44.3 Å². The second-order valence-corrected chi connectivity index (χ2v) is 4.54. The van der Waals surface area contributed by atoms with Crippen LogP contribution in [0.5, 0.6) is 0 Å². The zero-order valence-corrected chi connectivity index (χ0v) is 10.4. The first-order valence-electron chi connectivity index (χ1n) is 6.12. The number of carbonyl (C=O) groups excluding carboxylic acids is 1. The van der Waals surface area contributed by atoms with Crippen LogP contribution in [0.3, 0.4) is 0 Å². The van der Waals surface area contributed by atoms with E-state index in [1.807, 2.05) is 0 Å². The number of likely N-dealkylation sites (tertiary alicyclic amines) is 1. The van der Waals surface area contributed by atoms with Gasteiger partial charge in [-0.05, 0) is 19.3 Å². The van der Waals surface area contributed by atoms with Crippen LogP contribution < -0.4 is 5.32 Å². The number of piperidine rings is 1. The molecular formula is C11H17F3N2O3. The Morgan fingerprint density at radius 1 is 1.32 bits per heavy atom. The number of carboxylic acid groups (broad SMARTS) is 1. The summed E-state index contributed by atoms with van der Waals surface area (Å²) in [6, 6.07) is -1.05. The van der Waals surface area contributed by atoms with Crippen LogP contribution in [0.1, 0.15) is 32.1 Å². The summed E-state index contributed by atoms with van der Waals surface area (Å²) in [6.07, 6.45) is -3.44. The third-order valence-electron chi connectivity index (χ3n) is 2.98. The van der Waals surface area contributed by atoms with E-state index in [0.717, 1.165) is 12.8 Å². The van der Waals surface area contributed by atoms with Gasteiger partial charge in [0, 0.05) is 19.1 Å². The number of carboxylic acids is 1. The molecule has 1 saturated heterocycles. The maximum absolute atomic E-state index is 12.0. The Kier molecular flexibility index (Phi) is 5.44. The van der Waals surface area contributed by atoms with E-state index in [2.05, 4.69) is 5.32 Å². The van der Waals surface area contributed by atoms with Crippen molar-refractivity contribution >= 4 is 12.0 Å². The van der Waals surface area contributed by atoms with Gasteiger partial charge in [0.1, 0.15) is 0 Å². The minimum atomic E-state index is -4.31. The number of hydrogen-bond acceptors (Lipinski definition) is 2. The molecule has 0 bridgehead atoms. The first-order chi connectivity index (χ1) is 8.79. The molecule has 2 amide bonds. The van der Waals surface area contributed by atoms with Crippen LogP contribution in [0.4, 0.5) is 18.0 Å². The predicted octanol–water partition coefficient (Wildman–Crippen LogP) is 1.98. The quantitative estimate of drug-likeness (QED) is 0.828. The van der Waals surface area contributed by atoms with E-state index in [4.69, 9.17) is 5.11 Å². The van der Waals surface area contributed by atoms with Gasteiger partial charge in [-0.3, -0.25) is 4.79 Å². The lowest BCUT2D eigenvalue weighted by Gasteiger charge is -2.34. The molecule has 0 saturated carbocycles. The first-order valence-corrected chi connectivity index (χ1v) is 6.12. The van der Waals surface area contributed by atoms with Crippen molar-refractivity contribution in [1.29, 1.82) is 0 Å². The van der Waals surface area contributed by atoms with Crippen LogP contribution in [0.15, 0.2) is 0 Å². The lowest BCUT2D eigenvalue weighted by Crippen LogP contribution is -2.49. The number of carbonyl (C=O) groups is 2. The maximum atomic E-state index is 12.0. The molecule has 0 spiro atoms. The Morgan fingerprint density at radius 3 is 2.58 bits per heavy atom. The average Bonchev–Trinajstić information content (AvgIpc) is 2.27. The number of nitrogens with zero attached hydrogens (tertiary/aromatic N) is 1. The monoisotopic (exact) mass is 282 g/mol. The van der Waals surface area contributed by atoms with E-state index in [1.165, 1.54) is 4.90 Å². The number of amides is 2. The molecule has 1 rings (SSSR count). The van der Waals surface area contributed by atoms with Gasteiger partial charge in [-0.2, -0.15) is 13.2 Å². The largest absolute Gasteiger partial charge is 0.481 e. The van der Waals surface area contributed by atoms with E-state index in [9.17, 15) is 22.8 Å². The fraction of sp³-hybridized carbons (Fsp3) is 0.818. The van der Waals surface area contributed by atoms with Crippen LogP contribution in [0, 0.1) is 0 Å². The highest BCUT2D eigenvalue weighted by atomic mass is 19.4. The SMILES string of the molecule is O=C(O)CC1CCCCN1C(=O)NCCC(F)(F)F. The second kappa shape index (κ2) is 6.63. The molecule has 1 fully saturated rings. The van der Waals surface area contributed by atoms with Gasteiger partial charge in [0.15, 0.2) is 0 Å². The molecule has 110 valence electrons. The van der Waals surface area contributed by atoms with E-state index < -0.39 is 37.2 Å². The van der Waals surface area contributed by atoms with Crippen LogP contribution in [-0.2, 0) is 4.79 Å². The summed E-state index contributed by atoms with van der Waals surface area (Å²) in [5.41, 5.74) is 0. The topological polar surface area (TPSA) is 69.6 Å². The van der Waals surface area contributed by atoms with Crippen molar-refractivity contribution < 1.29 is 27.9 Å². The highest BCUT2D eigenvalue weighted by molar-refractivity contribution is 5.76. The number of halogens is 3. The summed E-state index contributed by atoms with van der Waals surface area (Å²) in [6.45, 7) is -0.103. The Balaban J connectivity index is 2.45. The molecule has 8 heteroatoms. The van der Waals surface area contributed by atoms with Gasteiger partial charge in [0.2, 0.25) is 0 Å². The molecule has 1 aliphatic heterocycles. The Bertz CT molecular complexity index is 334. The fourth-order valence-electron chi connectivity index (χ4n) is 2.09. The third-order valence-corrected chi connectivity index (χ3v) is 2.98. The molecule has 19 heavy (non-hydrogen) atoms. The highest BCUT2D eigenvalue weighted by Gasteiger charge is 2.30. The number of urea groups is 1. The van der Waals surface area contributed by atoms with Gasteiger partial charge in [-0.1, -0.05) is 0 Å². The summed E-state index contributed by atoms with van der Waals surface area (Å²) < 4.78 is 35.9. The summed E-state index contributed by atoms with van der Waals surface area (Å²) in [4.78, 5) is 23.7. The van der Waals surface area contributed by atoms with Gasteiger partial charge in [0.05, 0.1) is 12.8 Å². The van der Waals surface area contributed by atoms with Crippen LogP contribution in [0.25, 0.3) is 0 Å². The number of aliphatic carboxylic acids is 1. The van der Waals surface area contributed by atoms with Gasteiger partial charge in [-0.15, -0.1) is 0 Å². The molecule has 1 aliphatic rings. The molecule has 1 atom stereocenters. The van der Waals surface area contributed by atoms with E-state index in [0.29, 0.717) is 13.0 Å². The molecule has 0 aliphatic carbocycles. The van der Waals surface area contributed by atoms with Crippen LogP contribution in [-0.4, -0.2) is 47.3 Å². The average molecular weight is 282 g/mol. The summed E-state index contributed by atoms with van der Waals surface area (Å²) in [5, 5.41) is 10.9. The number of nitrogens with one attached hydrogen (secondary N) is 1. The first kappa shape index (κ1) is 15.6. The molecule has 0 aromatic heterocycles. The maximum Gasteiger partial charge on any atom is 0.390 e. The molecular weight excluding hydrogens is 265 g/mol. The fourth-order valence-corrected chi connectivity index (χ4v) is 2.09. The molecule has 0 aromatic carbocycles. The van der Waals surface area contributed by atoms with Crippen molar-refractivity contribution in [1.82, 2.24) is 10.2 Å². The van der Waals surface area contributed by atoms with E-state index >= 15 is 0 Å². The Morgan fingerprint density at radius 2 is 2.00 bits per heavy atom. The number of rotatable bonds is 4. The summed E-state index contributed by atoms with van der Waals surface area (Å²) >= 11 is 0. The predicted molar refractivity (Wildman–Crippen MR) is 60.7 cm³/mol. The zero-order chi connectivity index (χ0) is 14.5. The van der Waals surface area contributed by atoms with Crippen molar-refractivity contribution in [3.63, 3.8) is 0 Å². The number of alkyl halides is 3. The Hall–Kier alpha value is -1.47. The zero-order valence-electron chi connectivity index (χ0n) is 10.4. The Labute approximate surface area is 108 Å². The van der Waals surface area contributed by atoms with Gasteiger partial charge >= 0.3 is 18.2 Å². The third kappa shape index (κ3) is 5.80. The van der Waals surface area contributed by atoms with Gasteiger partial charge in [0.25, 0.3) is 0 Å². The van der Waals surface area contributed by atoms with E-state index in [1.54, 1.807) is 0 Å². The van der Waals surface area contributed by atoms with E-state index in [-0.39, 0.29) is 6.42 Å². The van der Waals surface area contributed by atoms with Gasteiger partial charge < -0.3 is 15.3 Å². The molecule has 2 N–H and O–H groups in total. The minimum absolute atomic E-state index is 0.174. The number of hydrogen-bond donors (Lipinski definition) is 2. The van der Waals surface area contributed by atoms with Crippen molar-refractivity contribution in [3.8, 4) is 0 Å². The van der Waals surface area contributed by atoms with Gasteiger partial charge in [-0.25, -0.2) is 4.79 Å². The molecule has 5 nitrogen and oxygen atoms in total. The standard InChI is InChI=1S/C11H17F3N2O3/c12-11(13,14)4-5-15-10(19)16-6-2-1-3-8(16)7-9(17)18/h8H,1-7H2,(H,15,19)(H,17,18). The lowest BCUT2D eigenvalue weighted by atomic mass is 10.00. The normalized spacial score (nSPS) is 20.2. The molecule has 0 radical (unpaired) electrons. The van der Waals surface area contributed by atoms with Crippen molar-refractivity contribution in [3.05, 3.63) is 0 Å². The van der Waals surface area contributed by atoms with Crippen LogP contribution in [0.2, 0.25) is 0 Å². The second-order valence-electron chi connectivity index (χ2n) is 4.54. The summed E-state index contributed by atoms with van der Waals surface area (Å²) in [5.74, 6) is -1.01. The highest BCUT2D eigenvalue weighted by Crippen LogP contribution is 2.21. The molecule has 0 aromatic rings. The molecule has 1 heterocycles. The molecule has 1 unspecified atom stereocenters.